The molecule has 0 aliphatic rings. The largest absolute Gasteiger partial charge is 0.281 e. The first-order valence-electron chi connectivity index (χ1n) is 6.62. The zero-order valence-electron chi connectivity index (χ0n) is 11.7. The van der Waals surface area contributed by atoms with E-state index < -0.39 is 17.3 Å². The van der Waals surface area contributed by atoms with Crippen molar-refractivity contribution in [2.75, 3.05) is 0 Å². The van der Waals surface area contributed by atoms with Crippen molar-refractivity contribution >= 4 is 0 Å². The number of rotatable bonds is 4. The molecule has 0 saturated heterocycles. The number of aromatic nitrogens is 4. The van der Waals surface area contributed by atoms with Crippen molar-refractivity contribution < 1.29 is 13.2 Å². The molecular formula is C15H13F3N4. The Balaban J connectivity index is 1.90. The lowest BCUT2D eigenvalue weighted by Gasteiger charge is -2.12. The highest BCUT2D eigenvalue weighted by Gasteiger charge is 2.28. The van der Waals surface area contributed by atoms with E-state index in [2.05, 4.69) is 15.3 Å². The molecule has 0 aliphatic heterocycles. The number of hydrogen-bond acceptors (Lipinski definition) is 2. The van der Waals surface area contributed by atoms with Gasteiger partial charge >= 0.3 is 0 Å². The molecule has 0 fully saturated rings. The second-order valence-corrected chi connectivity index (χ2v) is 5.09. The zero-order chi connectivity index (χ0) is 15.7. The smallest absolute Gasteiger partial charge is 0.273 e. The van der Waals surface area contributed by atoms with Gasteiger partial charge in [0.25, 0.3) is 5.92 Å². The van der Waals surface area contributed by atoms with Gasteiger partial charge in [-0.1, -0.05) is 6.07 Å². The van der Waals surface area contributed by atoms with Crippen molar-refractivity contribution in [2.24, 2.45) is 0 Å². The number of nitrogens with one attached hydrogen (secondary N) is 1. The molecule has 0 radical (unpaired) electrons. The maximum absolute atomic E-state index is 13.5. The minimum absolute atomic E-state index is 0.484. The SMILES string of the molecule is CC(F)(F)c1cc(-c2cnn(Cc3ccn[nH]3)c2)ccc1F. The average Bonchev–Trinajstić information content (AvgIpc) is 3.10. The van der Waals surface area contributed by atoms with Gasteiger partial charge in [0.05, 0.1) is 24.0 Å². The fraction of sp³-hybridized carbons (Fsp3) is 0.200. The molecule has 0 spiro atoms. The van der Waals surface area contributed by atoms with Crippen LogP contribution in [0.1, 0.15) is 18.2 Å². The second kappa shape index (κ2) is 5.32. The van der Waals surface area contributed by atoms with Crippen LogP contribution in [0.2, 0.25) is 0 Å². The molecular weight excluding hydrogens is 293 g/mol. The predicted molar refractivity (Wildman–Crippen MR) is 74.9 cm³/mol. The highest BCUT2D eigenvalue weighted by molar-refractivity contribution is 5.63. The van der Waals surface area contributed by atoms with Crippen molar-refractivity contribution in [3.05, 3.63) is 59.9 Å². The lowest BCUT2D eigenvalue weighted by atomic mass is 10.0. The van der Waals surface area contributed by atoms with Crippen LogP contribution < -0.4 is 0 Å². The summed E-state index contributed by atoms with van der Waals surface area (Å²) >= 11 is 0. The zero-order valence-corrected chi connectivity index (χ0v) is 11.7. The van der Waals surface area contributed by atoms with E-state index in [0.29, 0.717) is 24.6 Å². The number of benzene rings is 1. The molecule has 3 aromatic rings. The van der Waals surface area contributed by atoms with Crippen molar-refractivity contribution in [2.45, 2.75) is 19.4 Å². The van der Waals surface area contributed by atoms with Gasteiger partial charge in [0.2, 0.25) is 0 Å². The minimum atomic E-state index is -3.23. The van der Waals surface area contributed by atoms with Gasteiger partial charge in [0.15, 0.2) is 0 Å². The van der Waals surface area contributed by atoms with E-state index in [9.17, 15) is 13.2 Å². The summed E-state index contributed by atoms with van der Waals surface area (Å²) in [5.74, 6) is -4.15. The molecule has 0 aliphatic carbocycles. The van der Waals surface area contributed by atoms with Gasteiger partial charge in [-0.25, -0.2) is 13.2 Å². The molecule has 4 nitrogen and oxygen atoms in total. The van der Waals surface area contributed by atoms with Crippen LogP contribution in [0, 0.1) is 5.82 Å². The topological polar surface area (TPSA) is 46.5 Å². The van der Waals surface area contributed by atoms with E-state index in [1.807, 2.05) is 6.07 Å². The summed E-state index contributed by atoms with van der Waals surface area (Å²) < 4.78 is 42.0. The third kappa shape index (κ3) is 2.88. The molecule has 1 aromatic carbocycles. The van der Waals surface area contributed by atoms with Gasteiger partial charge < -0.3 is 0 Å². The molecule has 22 heavy (non-hydrogen) atoms. The van der Waals surface area contributed by atoms with Crippen LogP contribution in [0.15, 0.2) is 42.9 Å². The molecule has 0 atom stereocenters. The van der Waals surface area contributed by atoms with Crippen molar-refractivity contribution in [1.29, 1.82) is 0 Å². The van der Waals surface area contributed by atoms with E-state index in [1.165, 1.54) is 6.07 Å². The predicted octanol–water partition coefficient (Wildman–Crippen LogP) is 3.57. The van der Waals surface area contributed by atoms with Crippen LogP contribution in [-0.2, 0) is 12.5 Å². The Hall–Kier alpha value is -2.57. The third-order valence-corrected chi connectivity index (χ3v) is 3.30. The molecule has 0 bridgehead atoms. The van der Waals surface area contributed by atoms with Crippen LogP contribution in [0.5, 0.6) is 0 Å². The first kappa shape index (κ1) is 14.4. The molecule has 2 heterocycles. The quantitative estimate of drug-likeness (QED) is 0.801. The fourth-order valence-corrected chi connectivity index (χ4v) is 2.19. The normalized spacial score (nSPS) is 11.8. The van der Waals surface area contributed by atoms with Crippen LogP contribution in [0.3, 0.4) is 0 Å². The number of nitrogens with zero attached hydrogens (tertiary/aromatic N) is 3. The van der Waals surface area contributed by atoms with E-state index >= 15 is 0 Å². The average molecular weight is 306 g/mol. The molecule has 0 unspecified atom stereocenters. The number of alkyl halides is 2. The first-order valence-corrected chi connectivity index (χ1v) is 6.62. The fourth-order valence-electron chi connectivity index (χ4n) is 2.19. The molecule has 0 amide bonds. The number of aromatic amines is 1. The molecule has 114 valence electrons. The van der Waals surface area contributed by atoms with Crippen molar-refractivity contribution in [1.82, 2.24) is 20.0 Å². The summed E-state index contributed by atoms with van der Waals surface area (Å²) in [6.07, 6.45) is 4.90. The van der Waals surface area contributed by atoms with E-state index in [4.69, 9.17) is 0 Å². The van der Waals surface area contributed by atoms with E-state index in [-0.39, 0.29) is 0 Å². The highest BCUT2D eigenvalue weighted by atomic mass is 19.3. The summed E-state index contributed by atoms with van der Waals surface area (Å²) in [4.78, 5) is 0. The van der Waals surface area contributed by atoms with Gasteiger partial charge in [-0.3, -0.25) is 9.78 Å². The first-order chi connectivity index (χ1) is 10.4. The summed E-state index contributed by atoms with van der Waals surface area (Å²) in [6.45, 7) is 1.16. The van der Waals surface area contributed by atoms with Gasteiger partial charge in [-0.15, -0.1) is 0 Å². The lowest BCUT2D eigenvalue weighted by molar-refractivity contribution is 0.0138. The van der Waals surface area contributed by atoms with Crippen LogP contribution in [0.4, 0.5) is 13.2 Å². The number of hydrogen-bond donors (Lipinski definition) is 1. The van der Waals surface area contributed by atoms with Gasteiger partial charge in [-0.2, -0.15) is 10.2 Å². The summed E-state index contributed by atoms with van der Waals surface area (Å²) in [5.41, 5.74) is 1.39. The maximum Gasteiger partial charge on any atom is 0.273 e. The molecule has 7 heteroatoms. The Morgan fingerprint density at radius 1 is 1.23 bits per heavy atom. The number of halogens is 3. The lowest BCUT2D eigenvalue weighted by Crippen LogP contribution is -2.09. The van der Waals surface area contributed by atoms with Gasteiger partial charge in [0, 0.05) is 24.9 Å². The Morgan fingerprint density at radius 2 is 2.05 bits per heavy atom. The van der Waals surface area contributed by atoms with Gasteiger partial charge in [-0.05, 0) is 23.8 Å². The summed E-state index contributed by atoms with van der Waals surface area (Å²) in [7, 11) is 0. The Morgan fingerprint density at radius 3 is 2.73 bits per heavy atom. The second-order valence-electron chi connectivity index (χ2n) is 5.09. The number of H-pyrrole nitrogens is 1. The van der Waals surface area contributed by atoms with Crippen LogP contribution in [-0.4, -0.2) is 20.0 Å². The van der Waals surface area contributed by atoms with Crippen molar-refractivity contribution in [3.63, 3.8) is 0 Å². The minimum Gasteiger partial charge on any atom is -0.281 e. The van der Waals surface area contributed by atoms with E-state index in [1.54, 1.807) is 23.3 Å². The Bertz CT molecular complexity index is 772. The van der Waals surface area contributed by atoms with E-state index in [0.717, 1.165) is 17.8 Å². The maximum atomic E-state index is 13.5. The standard InChI is InChI=1S/C15H13F3N4/c1-15(17,18)13-6-10(2-3-14(13)16)11-7-20-22(8-11)9-12-4-5-19-21-12/h2-8H,9H2,1H3,(H,19,21). The molecule has 3 rings (SSSR count). The molecule has 2 aromatic heterocycles. The van der Waals surface area contributed by atoms with Gasteiger partial charge in [0.1, 0.15) is 5.82 Å². The molecule has 0 saturated carbocycles. The summed E-state index contributed by atoms with van der Waals surface area (Å²) in [5, 5.41) is 10.8. The third-order valence-electron chi connectivity index (χ3n) is 3.30. The summed E-state index contributed by atoms with van der Waals surface area (Å²) in [6, 6.07) is 5.48. The van der Waals surface area contributed by atoms with Crippen molar-refractivity contribution in [3.8, 4) is 11.1 Å². The molecule has 1 N–H and O–H groups in total. The Kier molecular flexibility index (Phi) is 3.48. The Labute approximate surface area is 124 Å². The van der Waals surface area contributed by atoms with Crippen LogP contribution in [0.25, 0.3) is 11.1 Å². The highest BCUT2D eigenvalue weighted by Crippen LogP contribution is 2.32. The van der Waals surface area contributed by atoms with Crippen LogP contribution >= 0.6 is 0 Å². The monoisotopic (exact) mass is 306 g/mol.